The summed E-state index contributed by atoms with van der Waals surface area (Å²) in [6.45, 7) is 2.34. The molecule has 0 saturated carbocycles. The summed E-state index contributed by atoms with van der Waals surface area (Å²) in [4.78, 5) is 0. The summed E-state index contributed by atoms with van der Waals surface area (Å²) in [5.41, 5.74) is 2.38. The van der Waals surface area contributed by atoms with Gasteiger partial charge in [-0.15, -0.1) is 0 Å². The molecule has 2 rings (SSSR count). The number of hydrogen-bond acceptors (Lipinski definition) is 2. The summed E-state index contributed by atoms with van der Waals surface area (Å²) >= 11 is 0. The van der Waals surface area contributed by atoms with E-state index in [1.54, 1.807) is 0 Å². The first kappa shape index (κ1) is 14.7. The first-order valence-corrected chi connectivity index (χ1v) is 6.77. The van der Waals surface area contributed by atoms with Crippen LogP contribution in [-0.2, 0) is 4.74 Å². The van der Waals surface area contributed by atoms with E-state index in [-0.39, 0.29) is 0 Å². The third-order valence-corrected chi connectivity index (χ3v) is 2.78. The Hall–Kier alpha value is -2.68. The molecule has 2 nitrogen and oxygen atoms in total. The highest BCUT2D eigenvalue weighted by molar-refractivity contribution is 5.48. The lowest BCUT2D eigenvalue weighted by molar-refractivity contribution is 0.233. The van der Waals surface area contributed by atoms with Crippen LogP contribution in [-0.4, -0.2) is 11.7 Å². The number of benzene rings is 2. The number of ether oxygens (including phenoxy) is 1. The van der Waals surface area contributed by atoms with E-state index in [2.05, 4.69) is 23.9 Å². The van der Waals surface area contributed by atoms with Crippen molar-refractivity contribution < 1.29 is 9.84 Å². The Morgan fingerprint density at radius 1 is 1.00 bits per heavy atom. The van der Waals surface area contributed by atoms with Gasteiger partial charge in [0.25, 0.3) is 0 Å². The van der Waals surface area contributed by atoms with Crippen molar-refractivity contribution in [3.8, 4) is 23.9 Å². The molecule has 0 fully saturated rings. The minimum Gasteiger partial charge on any atom is -0.447 e. The highest BCUT2D eigenvalue weighted by Gasteiger charge is 2.07. The zero-order valence-electron chi connectivity index (χ0n) is 11.8. The Labute approximate surface area is 125 Å². The molecule has 0 saturated heterocycles. The van der Waals surface area contributed by atoms with Gasteiger partial charge in [-0.25, -0.2) is 0 Å². The summed E-state index contributed by atoms with van der Waals surface area (Å²) < 4.78 is 4.94. The zero-order valence-corrected chi connectivity index (χ0v) is 11.8. The number of rotatable bonds is 2. The van der Waals surface area contributed by atoms with Gasteiger partial charge in [0.15, 0.2) is 0 Å². The van der Waals surface area contributed by atoms with Crippen LogP contribution in [0.3, 0.4) is 0 Å². The lowest BCUT2D eigenvalue weighted by atomic mass is 10.0. The molecule has 0 radical (unpaired) electrons. The molecule has 1 N–H and O–H groups in total. The average molecular weight is 276 g/mol. The van der Waals surface area contributed by atoms with Crippen LogP contribution in [0.4, 0.5) is 0 Å². The lowest BCUT2D eigenvalue weighted by Gasteiger charge is -2.06. The van der Waals surface area contributed by atoms with Gasteiger partial charge in [-0.1, -0.05) is 48.2 Å². The standard InChI is InChI=1S/C19H16O2/c1-2-21-15-14-19(20)18-11-7-6-10-17(18)13-12-16-8-4-3-5-9-16/h3-11,19-20H,2H2,1H3. The molecule has 2 aromatic carbocycles. The van der Waals surface area contributed by atoms with E-state index in [4.69, 9.17) is 4.74 Å². The zero-order chi connectivity index (χ0) is 14.9. The monoisotopic (exact) mass is 276 g/mol. The van der Waals surface area contributed by atoms with Gasteiger partial charge in [-0.3, -0.25) is 0 Å². The molecule has 1 unspecified atom stereocenters. The van der Waals surface area contributed by atoms with Gasteiger partial charge in [0.1, 0.15) is 12.2 Å². The largest absolute Gasteiger partial charge is 0.447 e. The van der Waals surface area contributed by atoms with Crippen LogP contribution < -0.4 is 0 Å². The number of aliphatic hydroxyl groups is 1. The van der Waals surface area contributed by atoms with Crippen LogP contribution in [0.15, 0.2) is 54.6 Å². The molecule has 0 aliphatic rings. The van der Waals surface area contributed by atoms with Gasteiger partial charge in [-0.2, -0.15) is 0 Å². The molecule has 2 heteroatoms. The second-order valence-corrected chi connectivity index (χ2v) is 4.29. The third kappa shape index (κ3) is 4.42. The molecule has 2 aromatic rings. The molecule has 104 valence electrons. The fourth-order valence-corrected chi connectivity index (χ4v) is 1.76. The van der Waals surface area contributed by atoms with E-state index in [9.17, 15) is 5.11 Å². The molecule has 21 heavy (non-hydrogen) atoms. The molecule has 0 bridgehead atoms. The van der Waals surface area contributed by atoms with E-state index in [0.717, 1.165) is 11.1 Å². The van der Waals surface area contributed by atoms with Crippen molar-refractivity contribution in [1.82, 2.24) is 0 Å². The lowest BCUT2D eigenvalue weighted by Crippen LogP contribution is -1.97. The minimum absolute atomic E-state index is 0.495. The Morgan fingerprint density at radius 3 is 2.48 bits per heavy atom. The highest BCUT2D eigenvalue weighted by atomic mass is 16.5. The molecule has 1 atom stereocenters. The maximum Gasteiger partial charge on any atom is 0.144 e. The van der Waals surface area contributed by atoms with Gasteiger partial charge in [0.2, 0.25) is 0 Å². The van der Waals surface area contributed by atoms with Gasteiger partial charge >= 0.3 is 0 Å². The van der Waals surface area contributed by atoms with Crippen LogP contribution in [0.1, 0.15) is 29.7 Å². The van der Waals surface area contributed by atoms with Gasteiger partial charge in [0.05, 0.1) is 6.61 Å². The second kappa shape index (κ2) is 7.80. The van der Waals surface area contributed by atoms with Gasteiger partial charge in [-0.05, 0) is 31.0 Å². The fourth-order valence-electron chi connectivity index (χ4n) is 1.76. The molecule has 0 heterocycles. The molecule has 0 aliphatic heterocycles. The number of hydrogen-bond donors (Lipinski definition) is 1. The molecular weight excluding hydrogens is 260 g/mol. The second-order valence-electron chi connectivity index (χ2n) is 4.29. The summed E-state index contributed by atoms with van der Waals surface area (Å²) in [7, 11) is 0. The van der Waals surface area contributed by atoms with Crippen LogP contribution >= 0.6 is 0 Å². The summed E-state index contributed by atoms with van der Waals surface area (Å²) in [5, 5.41) is 10.1. The van der Waals surface area contributed by atoms with E-state index < -0.39 is 6.10 Å². The highest BCUT2D eigenvalue weighted by Crippen LogP contribution is 2.16. The van der Waals surface area contributed by atoms with E-state index in [0.29, 0.717) is 12.2 Å². The summed E-state index contributed by atoms with van der Waals surface area (Å²) in [6.07, 6.45) is 1.58. The van der Waals surface area contributed by atoms with Crippen molar-refractivity contribution in [3.63, 3.8) is 0 Å². The van der Waals surface area contributed by atoms with Crippen molar-refractivity contribution in [2.24, 2.45) is 0 Å². The molecular formula is C19H16O2. The Balaban J connectivity index is 2.26. The van der Waals surface area contributed by atoms with Crippen LogP contribution in [0.2, 0.25) is 0 Å². The maximum absolute atomic E-state index is 10.1. The van der Waals surface area contributed by atoms with Gasteiger partial charge in [0, 0.05) is 16.7 Å². The predicted octanol–water partition coefficient (Wildman–Crippen LogP) is 3.12. The van der Waals surface area contributed by atoms with Gasteiger partial charge < -0.3 is 9.84 Å². The Kier molecular flexibility index (Phi) is 5.47. The quantitative estimate of drug-likeness (QED) is 0.854. The molecule has 0 aliphatic carbocycles. The topological polar surface area (TPSA) is 29.5 Å². The summed E-state index contributed by atoms with van der Waals surface area (Å²) in [5.74, 6) is 8.82. The normalized spacial score (nSPS) is 10.6. The van der Waals surface area contributed by atoms with E-state index in [1.807, 2.05) is 61.5 Å². The Morgan fingerprint density at radius 2 is 1.71 bits per heavy atom. The van der Waals surface area contributed by atoms with Crippen molar-refractivity contribution in [3.05, 3.63) is 71.3 Å². The van der Waals surface area contributed by atoms with Crippen molar-refractivity contribution in [1.29, 1.82) is 0 Å². The fraction of sp³-hybridized carbons (Fsp3) is 0.158. The van der Waals surface area contributed by atoms with Crippen LogP contribution in [0.5, 0.6) is 0 Å². The van der Waals surface area contributed by atoms with E-state index >= 15 is 0 Å². The van der Waals surface area contributed by atoms with Crippen molar-refractivity contribution in [2.75, 3.05) is 6.61 Å². The predicted molar refractivity (Wildman–Crippen MR) is 83.2 cm³/mol. The SMILES string of the molecule is CCOC#CC(O)c1ccccc1C#Cc1ccccc1. The smallest absolute Gasteiger partial charge is 0.144 e. The molecule has 0 aromatic heterocycles. The Bertz CT molecular complexity index is 697. The van der Waals surface area contributed by atoms with Crippen molar-refractivity contribution in [2.45, 2.75) is 13.0 Å². The number of aliphatic hydroxyl groups excluding tert-OH is 1. The molecule has 0 spiro atoms. The summed E-state index contributed by atoms with van der Waals surface area (Å²) in [6, 6.07) is 17.2. The minimum atomic E-state index is -0.905. The first-order valence-electron chi connectivity index (χ1n) is 6.77. The third-order valence-electron chi connectivity index (χ3n) is 2.78. The van der Waals surface area contributed by atoms with Crippen molar-refractivity contribution >= 4 is 0 Å². The molecule has 0 amide bonds. The van der Waals surface area contributed by atoms with Crippen LogP contribution in [0, 0.1) is 23.9 Å². The maximum atomic E-state index is 10.1. The van der Waals surface area contributed by atoms with E-state index in [1.165, 1.54) is 0 Å². The average Bonchev–Trinajstić information content (AvgIpc) is 2.54. The van der Waals surface area contributed by atoms with Crippen LogP contribution in [0.25, 0.3) is 0 Å². The first-order chi connectivity index (χ1) is 10.3.